The summed E-state index contributed by atoms with van der Waals surface area (Å²) >= 11 is 0. The zero-order valence-corrected chi connectivity index (χ0v) is 23.1. The quantitative estimate of drug-likeness (QED) is 0.559. The van der Waals surface area contributed by atoms with Crippen molar-refractivity contribution in [2.45, 2.75) is 96.9 Å². The van der Waals surface area contributed by atoms with Crippen LogP contribution in [-0.2, 0) is 24.3 Å². The Bertz CT molecular complexity index is 842. The van der Waals surface area contributed by atoms with E-state index in [1.54, 1.807) is 9.80 Å². The molecule has 35 heavy (non-hydrogen) atoms. The molecule has 0 unspecified atom stereocenters. The standard InChI is InChI=1S/C25H45N3O6S/c1-17(2)18-9-11-20(12-10-18)33-16-22-21(26-35(6,31)32)8-7-13-28(22)23(29)19-14-27(15-19)24(30)34-25(3,4)5/h17-22,26H,7-16H2,1-6H3/t18-,20+,21-,22-/m0/s1. The summed E-state index contributed by atoms with van der Waals surface area (Å²) in [7, 11) is -3.43. The van der Waals surface area contributed by atoms with Crippen LogP contribution in [0.3, 0.4) is 0 Å². The second-order valence-electron chi connectivity index (χ2n) is 11.9. The van der Waals surface area contributed by atoms with Crippen molar-refractivity contribution < 1.29 is 27.5 Å². The number of carbonyl (C=O) groups excluding carboxylic acids is 2. The predicted molar refractivity (Wildman–Crippen MR) is 134 cm³/mol. The third kappa shape index (κ3) is 8.05. The number of piperidine rings is 1. The van der Waals surface area contributed by atoms with Crippen LogP contribution in [0.2, 0.25) is 0 Å². The highest BCUT2D eigenvalue weighted by Gasteiger charge is 2.44. The zero-order valence-electron chi connectivity index (χ0n) is 22.3. The maximum atomic E-state index is 13.4. The lowest BCUT2D eigenvalue weighted by atomic mass is 9.80. The van der Waals surface area contributed by atoms with Crippen molar-refractivity contribution >= 4 is 22.0 Å². The Labute approximate surface area is 211 Å². The highest BCUT2D eigenvalue weighted by atomic mass is 32.2. The monoisotopic (exact) mass is 515 g/mol. The molecule has 0 bridgehead atoms. The van der Waals surface area contributed by atoms with Crippen LogP contribution in [0.15, 0.2) is 0 Å². The van der Waals surface area contributed by atoms with Gasteiger partial charge in [-0.2, -0.15) is 0 Å². The minimum atomic E-state index is -3.43. The number of nitrogens with zero attached hydrogens (tertiary/aromatic N) is 2. The first-order chi connectivity index (χ1) is 16.2. The third-order valence-electron chi connectivity index (χ3n) is 7.47. The van der Waals surface area contributed by atoms with E-state index in [0.29, 0.717) is 38.6 Å². The maximum Gasteiger partial charge on any atom is 0.410 e. The van der Waals surface area contributed by atoms with E-state index in [0.717, 1.165) is 44.3 Å². The third-order valence-corrected chi connectivity index (χ3v) is 8.21. The van der Waals surface area contributed by atoms with Crippen molar-refractivity contribution in [1.82, 2.24) is 14.5 Å². The molecule has 0 aromatic rings. The number of nitrogens with one attached hydrogen (secondary N) is 1. The van der Waals surface area contributed by atoms with Crippen LogP contribution >= 0.6 is 0 Å². The highest BCUT2D eigenvalue weighted by molar-refractivity contribution is 7.88. The van der Waals surface area contributed by atoms with Crippen molar-refractivity contribution in [2.24, 2.45) is 17.8 Å². The van der Waals surface area contributed by atoms with Gasteiger partial charge in [0, 0.05) is 25.7 Å². The summed E-state index contributed by atoms with van der Waals surface area (Å²) in [5.41, 5.74) is -0.583. The molecule has 2 aliphatic heterocycles. The summed E-state index contributed by atoms with van der Waals surface area (Å²) in [6.07, 6.45) is 6.57. The van der Waals surface area contributed by atoms with Crippen LogP contribution in [0.4, 0.5) is 4.79 Å². The maximum absolute atomic E-state index is 13.4. The van der Waals surface area contributed by atoms with Gasteiger partial charge in [0.25, 0.3) is 0 Å². The van der Waals surface area contributed by atoms with Crippen LogP contribution in [0, 0.1) is 17.8 Å². The van der Waals surface area contributed by atoms with Crippen molar-refractivity contribution in [1.29, 1.82) is 0 Å². The molecule has 0 radical (unpaired) electrons. The van der Waals surface area contributed by atoms with E-state index in [9.17, 15) is 18.0 Å². The number of sulfonamides is 1. The van der Waals surface area contributed by atoms with E-state index in [4.69, 9.17) is 9.47 Å². The first kappa shape index (κ1) is 28.2. The van der Waals surface area contributed by atoms with Gasteiger partial charge in [-0.15, -0.1) is 0 Å². The number of hydrogen-bond donors (Lipinski definition) is 1. The van der Waals surface area contributed by atoms with E-state index in [1.165, 1.54) is 0 Å². The molecule has 202 valence electrons. The number of hydrogen-bond acceptors (Lipinski definition) is 6. The van der Waals surface area contributed by atoms with E-state index in [1.807, 2.05) is 20.8 Å². The van der Waals surface area contributed by atoms with Gasteiger partial charge in [0.05, 0.1) is 30.9 Å². The number of carbonyl (C=O) groups is 2. The van der Waals surface area contributed by atoms with Crippen molar-refractivity contribution in [2.75, 3.05) is 32.5 Å². The van der Waals surface area contributed by atoms with E-state index >= 15 is 0 Å². The largest absolute Gasteiger partial charge is 0.444 e. The molecule has 10 heteroatoms. The first-order valence-corrected chi connectivity index (χ1v) is 15.0. The molecule has 1 N–H and O–H groups in total. The smallest absolute Gasteiger partial charge is 0.410 e. The van der Waals surface area contributed by atoms with Gasteiger partial charge in [0.15, 0.2) is 0 Å². The minimum Gasteiger partial charge on any atom is -0.444 e. The normalized spacial score (nSPS) is 28.7. The molecule has 0 aromatic heterocycles. The Hall–Kier alpha value is -1.39. The number of ether oxygens (including phenoxy) is 2. The summed E-state index contributed by atoms with van der Waals surface area (Å²) in [4.78, 5) is 29.1. The molecule has 9 nitrogen and oxygen atoms in total. The fraction of sp³-hybridized carbons (Fsp3) is 0.920. The van der Waals surface area contributed by atoms with Crippen molar-refractivity contribution in [3.05, 3.63) is 0 Å². The van der Waals surface area contributed by atoms with Gasteiger partial charge >= 0.3 is 6.09 Å². The van der Waals surface area contributed by atoms with Crippen LogP contribution in [-0.4, -0.2) is 86.5 Å². The van der Waals surface area contributed by atoms with E-state index in [-0.39, 0.29) is 30.0 Å². The molecule has 2 heterocycles. The molecule has 0 aromatic carbocycles. The summed E-state index contributed by atoms with van der Waals surface area (Å²) in [5.74, 6) is 1.06. The second-order valence-corrected chi connectivity index (χ2v) is 13.7. The molecule has 2 saturated heterocycles. The molecule has 0 spiro atoms. The van der Waals surface area contributed by atoms with Crippen LogP contribution in [0.25, 0.3) is 0 Å². The molecule has 3 aliphatic rings. The lowest BCUT2D eigenvalue weighted by Gasteiger charge is -2.46. The molecule has 3 fully saturated rings. The molecule has 2 amide bonds. The highest BCUT2D eigenvalue weighted by Crippen LogP contribution is 2.32. The first-order valence-electron chi connectivity index (χ1n) is 13.1. The average molecular weight is 516 g/mol. The van der Waals surface area contributed by atoms with Gasteiger partial charge in [-0.25, -0.2) is 17.9 Å². The lowest BCUT2D eigenvalue weighted by molar-refractivity contribution is -0.148. The number of amides is 2. The molecule has 1 saturated carbocycles. The van der Waals surface area contributed by atoms with Crippen LogP contribution in [0.1, 0.15) is 73.1 Å². The molecule has 1 aliphatic carbocycles. The second kappa shape index (κ2) is 11.3. The van der Waals surface area contributed by atoms with E-state index < -0.39 is 21.7 Å². The van der Waals surface area contributed by atoms with Crippen LogP contribution < -0.4 is 4.72 Å². The van der Waals surface area contributed by atoms with Gasteiger partial charge in [0.2, 0.25) is 15.9 Å². The summed E-state index contributed by atoms with van der Waals surface area (Å²) < 4.78 is 38.5. The Morgan fingerprint density at radius 2 is 1.69 bits per heavy atom. The Morgan fingerprint density at radius 1 is 1.06 bits per heavy atom. The van der Waals surface area contributed by atoms with Gasteiger partial charge in [-0.1, -0.05) is 13.8 Å². The molecular formula is C25H45N3O6S. The lowest BCUT2D eigenvalue weighted by Crippen LogP contribution is -2.64. The van der Waals surface area contributed by atoms with E-state index in [2.05, 4.69) is 18.6 Å². The fourth-order valence-corrected chi connectivity index (χ4v) is 6.28. The minimum absolute atomic E-state index is 0.0399. The van der Waals surface area contributed by atoms with Gasteiger partial charge < -0.3 is 19.3 Å². The van der Waals surface area contributed by atoms with Gasteiger partial charge in [-0.05, 0) is 71.1 Å². The molecule has 2 atom stereocenters. The van der Waals surface area contributed by atoms with Crippen LogP contribution in [0.5, 0.6) is 0 Å². The predicted octanol–water partition coefficient (Wildman–Crippen LogP) is 2.99. The summed E-state index contributed by atoms with van der Waals surface area (Å²) in [5, 5.41) is 0. The van der Waals surface area contributed by atoms with Gasteiger partial charge in [0.1, 0.15) is 5.60 Å². The summed E-state index contributed by atoms with van der Waals surface area (Å²) in [6.45, 7) is 11.5. The topological polar surface area (TPSA) is 105 Å². The fourth-order valence-electron chi connectivity index (χ4n) is 5.45. The Morgan fingerprint density at radius 3 is 2.23 bits per heavy atom. The molecule has 3 rings (SSSR count). The van der Waals surface area contributed by atoms with Gasteiger partial charge in [-0.3, -0.25) is 4.79 Å². The summed E-state index contributed by atoms with van der Waals surface area (Å²) in [6, 6.07) is -0.735. The number of likely N-dealkylation sites (tertiary alicyclic amines) is 2. The molecular weight excluding hydrogens is 470 g/mol. The van der Waals surface area contributed by atoms with Crippen molar-refractivity contribution in [3.63, 3.8) is 0 Å². The van der Waals surface area contributed by atoms with Crippen molar-refractivity contribution in [3.8, 4) is 0 Å². The Kier molecular flexibility index (Phi) is 9.13. The SMILES string of the molecule is CC(C)[C@H]1CC[C@@H](OC[C@H]2[C@@H](NS(C)(=O)=O)CCCN2C(=O)C2CN(C(=O)OC(C)(C)C)C2)CC1. The Balaban J connectivity index is 1.62. The number of rotatable bonds is 7. The zero-order chi connectivity index (χ0) is 26.0. The average Bonchev–Trinajstić information content (AvgIpc) is 2.69.